The molecule has 2 aromatic heterocycles. The number of nitrogens with zero attached hydrogens (tertiary/aromatic N) is 2. The Balaban J connectivity index is 1.95. The number of benzene rings is 1. The molecule has 1 aromatic carbocycles. The summed E-state index contributed by atoms with van der Waals surface area (Å²) in [6.45, 7) is -1.45. The minimum absolute atomic E-state index is 0.0754. The van der Waals surface area contributed by atoms with Gasteiger partial charge in [0.2, 0.25) is 5.88 Å². The zero-order chi connectivity index (χ0) is 17.6. The molecule has 0 spiro atoms. The first-order valence-corrected chi connectivity index (χ1v) is 7.60. The highest BCUT2D eigenvalue weighted by Gasteiger charge is 2.39. The Hall–Kier alpha value is -3.16. The van der Waals surface area contributed by atoms with Crippen molar-refractivity contribution in [3.05, 3.63) is 48.2 Å². The summed E-state index contributed by atoms with van der Waals surface area (Å²) in [5.41, 5.74) is 6.75. The van der Waals surface area contributed by atoms with Gasteiger partial charge in [0.25, 0.3) is 11.8 Å². The highest BCUT2D eigenvalue weighted by Crippen LogP contribution is 2.40. The van der Waals surface area contributed by atoms with Crippen molar-refractivity contribution in [2.45, 2.75) is 5.92 Å². The Bertz CT molecular complexity index is 970. The van der Waals surface area contributed by atoms with Crippen LogP contribution in [0.25, 0.3) is 11.0 Å². The van der Waals surface area contributed by atoms with E-state index in [4.69, 9.17) is 10.5 Å². The van der Waals surface area contributed by atoms with Crippen LogP contribution in [-0.2, 0) is 0 Å². The number of nitrogens with one attached hydrogen (secondary N) is 1. The van der Waals surface area contributed by atoms with Crippen LogP contribution in [-0.4, -0.2) is 34.9 Å². The van der Waals surface area contributed by atoms with E-state index in [0.717, 1.165) is 5.39 Å². The first-order chi connectivity index (χ1) is 11.9. The largest absolute Gasteiger partial charge is 0.470 e. The summed E-state index contributed by atoms with van der Waals surface area (Å²) in [5.74, 6) is -3.74. The molecule has 0 atom stereocenters. The number of alkyl halides is 2. The van der Waals surface area contributed by atoms with Gasteiger partial charge in [0.15, 0.2) is 6.61 Å². The molecule has 3 aromatic rings. The number of rotatable bonds is 2. The number of aromatic amines is 1. The number of carbonyl (C=O) groups is 1. The minimum atomic E-state index is -3.13. The molecule has 3 heterocycles. The summed E-state index contributed by atoms with van der Waals surface area (Å²) in [6.07, 6.45) is 1.70. The van der Waals surface area contributed by atoms with Crippen molar-refractivity contribution in [2.75, 3.05) is 18.1 Å². The summed E-state index contributed by atoms with van der Waals surface area (Å²) in [5, 5.41) is 0.745. The fourth-order valence-corrected chi connectivity index (χ4v) is 2.92. The summed E-state index contributed by atoms with van der Waals surface area (Å²) in [6, 6.07) is 9.85. The molecular formula is C17H14F2N4O2. The van der Waals surface area contributed by atoms with Crippen LogP contribution >= 0.6 is 0 Å². The molecule has 128 valence electrons. The molecule has 0 fully saturated rings. The average molecular weight is 344 g/mol. The number of fused-ring (bicyclic) bond motifs is 2. The lowest BCUT2D eigenvalue weighted by Gasteiger charge is -2.27. The molecule has 0 radical (unpaired) electrons. The van der Waals surface area contributed by atoms with Gasteiger partial charge in [-0.3, -0.25) is 4.79 Å². The number of H-pyrrole nitrogens is 1. The van der Waals surface area contributed by atoms with Crippen LogP contribution in [0.5, 0.6) is 5.88 Å². The fraction of sp³-hybridized carbons (Fsp3) is 0.176. The predicted octanol–water partition coefficient (Wildman–Crippen LogP) is 2.83. The Morgan fingerprint density at radius 3 is 2.88 bits per heavy atom. The van der Waals surface area contributed by atoms with Gasteiger partial charge >= 0.3 is 0 Å². The standard InChI is InChI=1S/C17H14F2N4O2/c18-17(19)8-23(12-4-2-1-3-11(12)14(20)24)13-7-10-5-6-21-15(10)22-16(13)25-9-17/h1-7H,8-9H2,(H2,20,24)(H,21,22). The van der Waals surface area contributed by atoms with Gasteiger partial charge in [0.05, 0.1) is 17.8 Å². The number of nitrogens with two attached hydrogens (primary N) is 1. The van der Waals surface area contributed by atoms with Gasteiger partial charge in [-0.15, -0.1) is 0 Å². The number of hydrogen-bond donors (Lipinski definition) is 2. The van der Waals surface area contributed by atoms with E-state index >= 15 is 0 Å². The van der Waals surface area contributed by atoms with E-state index in [9.17, 15) is 13.6 Å². The SMILES string of the molecule is NC(=O)c1ccccc1N1CC(F)(F)COc2nc3[nH]ccc3cc21. The molecule has 0 saturated carbocycles. The van der Waals surface area contributed by atoms with E-state index in [1.165, 1.54) is 11.0 Å². The van der Waals surface area contributed by atoms with Crippen LogP contribution in [0.15, 0.2) is 42.6 Å². The lowest BCUT2D eigenvalue weighted by molar-refractivity contribution is -0.0286. The van der Waals surface area contributed by atoms with Crippen molar-refractivity contribution >= 4 is 28.3 Å². The predicted molar refractivity (Wildman–Crippen MR) is 88.5 cm³/mol. The van der Waals surface area contributed by atoms with Crippen molar-refractivity contribution in [1.29, 1.82) is 0 Å². The Labute approximate surface area is 141 Å². The molecule has 0 aliphatic carbocycles. The molecular weight excluding hydrogens is 330 g/mol. The Kier molecular flexibility index (Phi) is 3.34. The molecule has 6 nitrogen and oxygen atoms in total. The van der Waals surface area contributed by atoms with Gasteiger partial charge < -0.3 is 20.4 Å². The van der Waals surface area contributed by atoms with Gasteiger partial charge in [-0.2, -0.15) is 4.98 Å². The van der Waals surface area contributed by atoms with Gasteiger partial charge in [-0.1, -0.05) is 12.1 Å². The van der Waals surface area contributed by atoms with Gasteiger partial charge in [0.1, 0.15) is 11.3 Å². The van der Waals surface area contributed by atoms with Crippen LogP contribution in [0, 0.1) is 0 Å². The van der Waals surface area contributed by atoms with E-state index in [1.54, 1.807) is 36.5 Å². The van der Waals surface area contributed by atoms with Crippen LogP contribution in [0.3, 0.4) is 0 Å². The first kappa shape index (κ1) is 15.4. The topological polar surface area (TPSA) is 84.2 Å². The lowest BCUT2D eigenvalue weighted by atomic mass is 10.1. The number of halogens is 2. The monoisotopic (exact) mass is 344 g/mol. The molecule has 0 unspecified atom stereocenters. The Morgan fingerprint density at radius 1 is 1.28 bits per heavy atom. The third kappa shape index (κ3) is 2.65. The van der Waals surface area contributed by atoms with Crippen LogP contribution in [0.1, 0.15) is 10.4 Å². The van der Waals surface area contributed by atoms with Crippen molar-refractivity contribution in [3.8, 4) is 5.88 Å². The van der Waals surface area contributed by atoms with E-state index in [0.29, 0.717) is 11.3 Å². The summed E-state index contributed by atoms with van der Waals surface area (Å²) >= 11 is 0. The lowest BCUT2D eigenvalue weighted by Crippen LogP contribution is -2.37. The van der Waals surface area contributed by atoms with Gasteiger partial charge in [-0.05, 0) is 24.3 Å². The number of aromatic nitrogens is 2. The van der Waals surface area contributed by atoms with Gasteiger partial charge in [0, 0.05) is 11.6 Å². The number of carbonyl (C=O) groups excluding carboxylic acids is 1. The van der Waals surface area contributed by atoms with E-state index in [-0.39, 0.29) is 17.1 Å². The highest BCUT2D eigenvalue weighted by molar-refractivity contribution is 6.00. The quantitative estimate of drug-likeness (QED) is 0.749. The average Bonchev–Trinajstić information content (AvgIpc) is 2.99. The maximum absolute atomic E-state index is 14.3. The van der Waals surface area contributed by atoms with Crippen molar-refractivity contribution < 1.29 is 18.3 Å². The fourth-order valence-electron chi connectivity index (χ4n) is 2.92. The van der Waals surface area contributed by atoms with Crippen LogP contribution in [0.2, 0.25) is 0 Å². The molecule has 8 heteroatoms. The second-order valence-electron chi connectivity index (χ2n) is 5.84. The minimum Gasteiger partial charge on any atom is -0.470 e. The van der Waals surface area contributed by atoms with Crippen LogP contribution < -0.4 is 15.4 Å². The van der Waals surface area contributed by atoms with Crippen LogP contribution in [0.4, 0.5) is 20.2 Å². The molecule has 25 heavy (non-hydrogen) atoms. The number of primary amides is 1. The third-order valence-corrected chi connectivity index (χ3v) is 4.04. The normalized spacial score (nSPS) is 16.2. The molecule has 1 aliphatic rings. The maximum atomic E-state index is 14.3. The maximum Gasteiger partial charge on any atom is 0.298 e. The number of para-hydroxylation sites is 1. The molecule has 0 saturated heterocycles. The second-order valence-corrected chi connectivity index (χ2v) is 5.84. The summed E-state index contributed by atoms with van der Waals surface area (Å²) in [7, 11) is 0. The number of anilines is 2. The highest BCUT2D eigenvalue weighted by atomic mass is 19.3. The van der Waals surface area contributed by atoms with E-state index < -0.39 is 25.0 Å². The van der Waals surface area contributed by atoms with Crippen molar-refractivity contribution in [3.63, 3.8) is 0 Å². The van der Waals surface area contributed by atoms with E-state index in [2.05, 4.69) is 9.97 Å². The van der Waals surface area contributed by atoms with Gasteiger partial charge in [-0.25, -0.2) is 8.78 Å². The summed E-state index contributed by atoms with van der Waals surface area (Å²) in [4.78, 5) is 20.3. The molecule has 1 amide bonds. The van der Waals surface area contributed by atoms with Crippen molar-refractivity contribution in [2.24, 2.45) is 5.73 Å². The smallest absolute Gasteiger partial charge is 0.298 e. The summed E-state index contributed by atoms with van der Waals surface area (Å²) < 4.78 is 33.8. The Morgan fingerprint density at radius 2 is 2.08 bits per heavy atom. The first-order valence-electron chi connectivity index (χ1n) is 7.60. The third-order valence-electron chi connectivity index (χ3n) is 4.04. The second kappa shape index (κ2) is 5.44. The molecule has 4 rings (SSSR count). The zero-order valence-electron chi connectivity index (χ0n) is 13.0. The molecule has 0 bridgehead atoms. The number of pyridine rings is 1. The number of ether oxygens (including phenoxy) is 1. The number of hydrogen-bond acceptors (Lipinski definition) is 4. The zero-order valence-corrected chi connectivity index (χ0v) is 13.0. The van der Waals surface area contributed by atoms with Crippen molar-refractivity contribution in [1.82, 2.24) is 9.97 Å². The molecule has 3 N–H and O–H groups in total. The van der Waals surface area contributed by atoms with E-state index in [1.807, 2.05) is 0 Å². The molecule has 1 aliphatic heterocycles. The number of amides is 1.